The van der Waals surface area contributed by atoms with E-state index in [4.69, 9.17) is 9.16 Å². The topological polar surface area (TPSA) is 106 Å². The first kappa shape index (κ1) is 32.9. The average molecular weight is 594 g/mol. The zero-order chi connectivity index (χ0) is 31.1. The first-order valence-corrected chi connectivity index (χ1v) is 17.3. The molecule has 42 heavy (non-hydrogen) atoms. The molecule has 0 atom stereocenters. The summed E-state index contributed by atoms with van der Waals surface area (Å²) in [6.07, 6.45) is 5.67. The molecule has 3 rings (SSSR count). The Morgan fingerprint density at radius 2 is 1.67 bits per heavy atom. The van der Waals surface area contributed by atoms with Crippen molar-refractivity contribution in [1.29, 1.82) is 0 Å². The monoisotopic (exact) mass is 593 g/mol. The zero-order valence-electron chi connectivity index (χ0n) is 26.9. The molecule has 1 amide bonds. The molecule has 1 aromatic carbocycles. The van der Waals surface area contributed by atoms with Crippen LogP contribution >= 0.6 is 0 Å². The van der Waals surface area contributed by atoms with Crippen molar-refractivity contribution in [2.24, 2.45) is 0 Å². The van der Waals surface area contributed by atoms with Gasteiger partial charge in [-0.15, -0.1) is 0 Å². The molecule has 0 fully saturated rings. The van der Waals surface area contributed by atoms with Crippen LogP contribution in [0.15, 0.2) is 48.9 Å². The number of carbonyl (C=O) groups is 1. The smallest absolute Gasteiger partial charge is 0.410 e. The number of rotatable bonds is 11. The van der Waals surface area contributed by atoms with Crippen molar-refractivity contribution in [1.82, 2.24) is 24.8 Å². The first-order chi connectivity index (χ1) is 19.5. The third kappa shape index (κ3) is 9.76. The average Bonchev–Trinajstić information content (AvgIpc) is 2.91. The van der Waals surface area contributed by atoms with Crippen LogP contribution in [0.3, 0.4) is 0 Å². The lowest BCUT2D eigenvalue weighted by atomic mass is 10.2. The predicted octanol–water partition coefficient (Wildman–Crippen LogP) is 6.89. The van der Waals surface area contributed by atoms with Crippen LogP contribution in [0.25, 0.3) is 11.3 Å². The largest absolute Gasteiger partial charge is 0.444 e. The molecule has 0 aliphatic rings. The van der Waals surface area contributed by atoms with Gasteiger partial charge in [-0.05, 0) is 69.1 Å². The van der Waals surface area contributed by atoms with E-state index in [9.17, 15) is 4.79 Å². The normalized spacial score (nSPS) is 12.1. The highest BCUT2D eigenvalue weighted by Gasteiger charge is 2.37. The molecule has 0 saturated carbocycles. The van der Waals surface area contributed by atoms with Gasteiger partial charge < -0.3 is 24.3 Å². The molecule has 1 N–H and O–H groups in total. The molecule has 0 unspecified atom stereocenters. The van der Waals surface area contributed by atoms with Gasteiger partial charge in [0.2, 0.25) is 11.9 Å². The minimum Gasteiger partial charge on any atom is -0.444 e. The summed E-state index contributed by atoms with van der Waals surface area (Å²) in [6.45, 7) is 18.7. The second-order valence-electron chi connectivity index (χ2n) is 13.1. The highest BCUT2D eigenvalue weighted by molar-refractivity contribution is 6.74. The van der Waals surface area contributed by atoms with Gasteiger partial charge in [0.1, 0.15) is 5.60 Å². The Morgan fingerprint density at radius 3 is 2.31 bits per heavy atom. The van der Waals surface area contributed by atoms with E-state index in [1.54, 1.807) is 30.5 Å². The van der Waals surface area contributed by atoms with Crippen LogP contribution in [0.2, 0.25) is 18.1 Å². The molecule has 0 aliphatic carbocycles. The van der Waals surface area contributed by atoms with E-state index >= 15 is 0 Å². The number of hydrogen-bond acceptors (Lipinski definition) is 9. The third-order valence-corrected chi connectivity index (χ3v) is 11.7. The summed E-state index contributed by atoms with van der Waals surface area (Å²) >= 11 is 0. The third-order valence-electron chi connectivity index (χ3n) is 7.21. The van der Waals surface area contributed by atoms with Crippen LogP contribution in [0, 0.1) is 0 Å². The van der Waals surface area contributed by atoms with Crippen LogP contribution in [0.5, 0.6) is 0 Å². The summed E-state index contributed by atoms with van der Waals surface area (Å²) in [4.78, 5) is 33.9. The molecule has 2 aromatic heterocycles. The van der Waals surface area contributed by atoms with E-state index in [1.807, 2.05) is 50.9 Å². The molecule has 2 heterocycles. The van der Waals surface area contributed by atoms with Gasteiger partial charge in [0, 0.05) is 57.0 Å². The summed E-state index contributed by atoms with van der Waals surface area (Å²) in [6, 6.07) is 9.98. The molecule has 10 nitrogen and oxygen atoms in total. The molecule has 0 saturated heterocycles. The van der Waals surface area contributed by atoms with Gasteiger partial charge in [0.15, 0.2) is 8.32 Å². The Balaban J connectivity index is 1.57. The molecule has 228 valence electrons. The van der Waals surface area contributed by atoms with Gasteiger partial charge in [0.05, 0.1) is 12.3 Å². The van der Waals surface area contributed by atoms with E-state index < -0.39 is 13.9 Å². The number of ether oxygens (including phenoxy) is 1. The summed E-state index contributed by atoms with van der Waals surface area (Å²) in [7, 11) is 1.84. The van der Waals surface area contributed by atoms with Crippen LogP contribution in [0.4, 0.5) is 22.4 Å². The van der Waals surface area contributed by atoms with Crippen LogP contribution in [-0.2, 0) is 15.8 Å². The maximum atomic E-state index is 12.2. The zero-order valence-corrected chi connectivity index (χ0v) is 27.9. The number of amides is 1. The molecular formula is C31H47N7O3Si. The second-order valence-corrected chi connectivity index (χ2v) is 17.9. The highest BCUT2D eigenvalue weighted by Crippen LogP contribution is 2.37. The minimum atomic E-state index is -1.84. The van der Waals surface area contributed by atoms with E-state index in [-0.39, 0.29) is 11.1 Å². The Labute approximate surface area is 252 Å². The van der Waals surface area contributed by atoms with Crippen LogP contribution < -0.4 is 10.2 Å². The maximum absolute atomic E-state index is 12.2. The highest BCUT2D eigenvalue weighted by atomic mass is 28.4. The Bertz CT molecular complexity index is 1320. The molecule has 3 aromatic rings. The van der Waals surface area contributed by atoms with E-state index in [0.717, 1.165) is 28.9 Å². The Kier molecular flexibility index (Phi) is 10.7. The number of hydrogen-bond donors (Lipinski definition) is 1. The first-order valence-electron chi connectivity index (χ1n) is 14.3. The van der Waals surface area contributed by atoms with E-state index in [1.165, 1.54) is 0 Å². The lowest BCUT2D eigenvalue weighted by Crippen LogP contribution is -2.40. The summed E-state index contributed by atoms with van der Waals surface area (Å²) < 4.78 is 11.8. The summed E-state index contributed by atoms with van der Waals surface area (Å²) in [5, 5.41) is 3.47. The predicted molar refractivity (Wildman–Crippen MR) is 172 cm³/mol. The van der Waals surface area contributed by atoms with E-state index in [2.05, 4.69) is 71.3 Å². The molecule has 0 radical (unpaired) electrons. The van der Waals surface area contributed by atoms with Crippen molar-refractivity contribution < 1.29 is 14.0 Å². The maximum Gasteiger partial charge on any atom is 0.410 e. The number of aromatic nitrogens is 4. The number of carbonyl (C=O) groups excluding carboxylic acids is 1. The summed E-state index contributed by atoms with van der Waals surface area (Å²) in [5.41, 5.74) is 3.00. The SMILES string of the molecule is CN(CCCN(C)c1ncc(-c2ccnc(Nc3cccc(CO[Si](C)(C)C(C)(C)C)c3)n2)cn1)C(=O)OC(C)(C)C. The number of anilines is 3. The van der Waals surface area contributed by atoms with Crippen molar-refractivity contribution in [3.63, 3.8) is 0 Å². The van der Waals surface area contributed by atoms with Gasteiger partial charge >= 0.3 is 6.09 Å². The van der Waals surface area contributed by atoms with Gasteiger partial charge in [-0.1, -0.05) is 32.9 Å². The van der Waals surface area contributed by atoms with E-state index in [0.29, 0.717) is 31.6 Å². The summed E-state index contributed by atoms with van der Waals surface area (Å²) in [5.74, 6) is 1.09. The fraction of sp³-hybridized carbons (Fsp3) is 0.516. The molecule has 11 heteroatoms. The van der Waals surface area contributed by atoms with Gasteiger partial charge in [-0.2, -0.15) is 0 Å². The molecular weight excluding hydrogens is 546 g/mol. The number of benzene rings is 1. The van der Waals surface area contributed by atoms with Crippen molar-refractivity contribution in [2.75, 3.05) is 37.4 Å². The lowest BCUT2D eigenvalue weighted by Gasteiger charge is -2.36. The van der Waals surface area contributed by atoms with Gasteiger partial charge in [-0.25, -0.2) is 24.7 Å². The van der Waals surface area contributed by atoms with Crippen molar-refractivity contribution in [3.8, 4) is 11.3 Å². The fourth-order valence-electron chi connectivity index (χ4n) is 3.65. The van der Waals surface area contributed by atoms with Crippen LogP contribution in [-0.4, -0.2) is 72.0 Å². The fourth-order valence-corrected chi connectivity index (χ4v) is 4.62. The van der Waals surface area contributed by atoms with Gasteiger partial charge in [0.25, 0.3) is 0 Å². The lowest BCUT2D eigenvalue weighted by molar-refractivity contribution is 0.0298. The van der Waals surface area contributed by atoms with Gasteiger partial charge in [-0.3, -0.25) is 0 Å². The standard InChI is InChI=1S/C31H47N7O3Si/c1-30(2,3)41-29(39)38(8)18-12-17-37(7)28-33-20-24(21-34-28)26-15-16-32-27(36-26)35-25-14-11-13-23(19-25)22-40-42(9,10)31(4,5)6/h11,13-16,19-21H,12,17-18,22H2,1-10H3,(H,32,35,36). The Hall–Kier alpha value is -3.57. The minimum absolute atomic E-state index is 0.161. The molecule has 0 spiro atoms. The van der Waals surface area contributed by atoms with Crippen molar-refractivity contribution in [3.05, 3.63) is 54.5 Å². The second kappa shape index (κ2) is 13.6. The Morgan fingerprint density at radius 1 is 0.976 bits per heavy atom. The van der Waals surface area contributed by atoms with Crippen molar-refractivity contribution >= 4 is 32.0 Å². The number of nitrogens with one attached hydrogen (secondary N) is 1. The molecule has 0 aliphatic heterocycles. The van der Waals surface area contributed by atoms with Crippen LogP contribution in [0.1, 0.15) is 53.5 Å². The molecule has 0 bridgehead atoms. The number of nitrogens with zero attached hydrogens (tertiary/aromatic N) is 6. The van der Waals surface area contributed by atoms with Crippen molar-refractivity contribution in [2.45, 2.75) is 78.3 Å². The quantitative estimate of drug-likeness (QED) is 0.238.